The van der Waals surface area contributed by atoms with E-state index in [1.54, 1.807) is 0 Å². The van der Waals surface area contributed by atoms with Crippen molar-refractivity contribution in [1.29, 1.82) is 0 Å². The van der Waals surface area contributed by atoms with Crippen molar-refractivity contribution < 1.29 is 13.2 Å². The molecule has 0 fully saturated rings. The maximum absolute atomic E-state index is 12.3. The fourth-order valence-corrected chi connectivity index (χ4v) is 1.38. The minimum Gasteiger partial charge on any atom is -0.330 e. The van der Waals surface area contributed by atoms with Gasteiger partial charge in [-0.3, -0.25) is 0 Å². The summed E-state index contributed by atoms with van der Waals surface area (Å²) in [6.07, 6.45) is -0.181. The number of nitrogens with two attached hydrogens (primary N) is 1. The molecule has 2 N–H and O–H groups in total. The van der Waals surface area contributed by atoms with Crippen LogP contribution in [0.25, 0.3) is 5.78 Å². The van der Waals surface area contributed by atoms with E-state index in [0.717, 1.165) is 16.5 Å². The highest BCUT2D eigenvalue weighted by Crippen LogP contribution is 2.26. The third-order valence-electron chi connectivity index (χ3n) is 2.17. The Morgan fingerprint density at radius 3 is 2.76 bits per heavy atom. The molecule has 0 saturated heterocycles. The Hall–Kier alpha value is -1.70. The van der Waals surface area contributed by atoms with Gasteiger partial charge in [0.05, 0.1) is 0 Å². The Bertz CT molecular complexity index is 519. The van der Waals surface area contributed by atoms with Crippen molar-refractivity contribution in [2.75, 3.05) is 6.54 Å². The molecule has 2 rings (SSSR count). The Morgan fingerprint density at radius 1 is 1.35 bits per heavy atom. The van der Waals surface area contributed by atoms with Crippen LogP contribution in [0.2, 0.25) is 0 Å². The van der Waals surface area contributed by atoms with Crippen LogP contribution in [0.3, 0.4) is 0 Å². The van der Waals surface area contributed by atoms with Crippen LogP contribution in [0.15, 0.2) is 12.4 Å². The molecule has 0 atom stereocenters. The van der Waals surface area contributed by atoms with Crippen molar-refractivity contribution in [2.24, 2.45) is 5.73 Å². The number of alkyl halides is 3. The van der Waals surface area contributed by atoms with Gasteiger partial charge in [-0.1, -0.05) is 0 Å². The van der Waals surface area contributed by atoms with Crippen LogP contribution >= 0.6 is 0 Å². The van der Waals surface area contributed by atoms with Crippen LogP contribution in [0.1, 0.15) is 17.8 Å². The molecule has 92 valence electrons. The van der Waals surface area contributed by atoms with Crippen molar-refractivity contribution in [3.63, 3.8) is 0 Å². The zero-order valence-corrected chi connectivity index (χ0v) is 8.78. The molecular weight excluding hydrogens is 235 g/mol. The third kappa shape index (κ3) is 2.52. The first-order valence-corrected chi connectivity index (χ1v) is 4.99. The fourth-order valence-electron chi connectivity index (χ4n) is 1.38. The zero-order valence-electron chi connectivity index (χ0n) is 8.78. The van der Waals surface area contributed by atoms with Gasteiger partial charge in [0.15, 0.2) is 0 Å². The maximum Gasteiger partial charge on any atom is 0.453 e. The van der Waals surface area contributed by atoms with Gasteiger partial charge in [-0.2, -0.15) is 18.2 Å². The summed E-state index contributed by atoms with van der Waals surface area (Å²) in [5, 5.41) is 3.34. The highest BCUT2D eigenvalue weighted by molar-refractivity contribution is 5.28. The Morgan fingerprint density at radius 2 is 2.12 bits per heavy atom. The van der Waals surface area contributed by atoms with Crippen LogP contribution in [-0.2, 0) is 12.6 Å². The van der Waals surface area contributed by atoms with E-state index in [1.807, 2.05) is 0 Å². The highest BCUT2D eigenvalue weighted by atomic mass is 19.4. The molecule has 0 spiro atoms. The van der Waals surface area contributed by atoms with Gasteiger partial charge in [-0.15, -0.1) is 5.10 Å². The first-order chi connectivity index (χ1) is 8.00. The molecule has 17 heavy (non-hydrogen) atoms. The number of halogens is 3. The largest absolute Gasteiger partial charge is 0.453 e. The Labute approximate surface area is 94.5 Å². The summed E-state index contributed by atoms with van der Waals surface area (Å²) in [7, 11) is 0. The lowest BCUT2D eigenvalue weighted by Crippen LogP contribution is -2.07. The molecule has 0 aliphatic carbocycles. The van der Waals surface area contributed by atoms with E-state index in [4.69, 9.17) is 5.73 Å². The van der Waals surface area contributed by atoms with E-state index in [1.165, 1.54) is 12.4 Å². The smallest absolute Gasteiger partial charge is 0.330 e. The van der Waals surface area contributed by atoms with Crippen LogP contribution < -0.4 is 5.73 Å². The second-order valence-corrected chi connectivity index (χ2v) is 3.53. The molecule has 0 radical (unpaired) electrons. The van der Waals surface area contributed by atoms with E-state index in [-0.39, 0.29) is 5.78 Å². The Balaban J connectivity index is 2.34. The summed E-state index contributed by atoms with van der Waals surface area (Å²) in [6, 6.07) is 0. The van der Waals surface area contributed by atoms with Crippen molar-refractivity contribution in [2.45, 2.75) is 19.0 Å². The molecule has 2 aromatic heterocycles. The lowest BCUT2D eigenvalue weighted by atomic mass is 10.2. The summed E-state index contributed by atoms with van der Waals surface area (Å²) in [4.78, 5) is 7.11. The predicted molar refractivity (Wildman–Crippen MR) is 53.2 cm³/mol. The van der Waals surface area contributed by atoms with E-state index in [0.29, 0.717) is 13.0 Å². The molecule has 0 aliphatic rings. The lowest BCUT2D eigenvalue weighted by Gasteiger charge is -1.98. The van der Waals surface area contributed by atoms with Gasteiger partial charge in [-0.05, 0) is 24.9 Å². The number of rotatable bonds is 3. The number of fused-ring (bicyclic) bond motifs is 1. The van der Waals surface area contributed by atoms with Gasteiger partial charge >= 0.3 is 6.18 Å². The number of hydrogen-bond acceptors (Lipinski definition) is 4. The standard InChI is InChI=1S/C9H10F3N5/c10-9(11,12)7-15-8-14-4-6(2-1-3-13)5-17(8)16-7/h4-5H,1-3,13H2. The van der Waals surface area contributed by atoms with Gasteiger partial charge in [0.25, 0.3) is 11.6 Å². The van der Waals surface area contributed by atoms with Crippen LogP contribution in [0.5, 0.6) is 0 Å². The SMILES string of the molecule is NCCCc1cnc2nc(C(F)(F)F)nn2c1. The van der Waals surface area contributed by atoms with E-state index in [9.17, 15) is 13.2 Å². The van der Waals surface area contributed by atoms with Crippen molar-refractivity contribution in [1.82, 2.24) is 19.6 Å². The van der Waals surface area contributed by atoms with Gasteiger partial charge in [0, 0.05) is 12.4 Å². The highest BCUT2D eigenvalue weighted by Gasteiger charge is 2.36. The first-order valence-electron chi connectivity index (χ1n) is 4.99. The zero-order chi connectivity index (χ0) is 12.5. The fraction of sp³-hybridized carbons (Fsp3) is 0.444. The van der Waals surface area contributed by atoms with Gasteiger partial charge in [0.1, 0.15) is 0 Å². The second-order valence-electron chi connectivity index (χ2n) is 3.53. The molecule has 0 aromatic carbocycles. The third-order valence-corrected chi connectivity index (χ3v) is 2.17. The van der Waals surface area contributed by atoms with Gasteiger partial charge < -0.3 is 5.73 Å². The van der Waals surface area contributed by atoms with Gasteiger partial charge in [0.2, 0.25) is 0 Å². The summed E-state index contributed by atoms with van der Waals surface area (Å²) in [6.45, 7) is 0.517. The average Bonchev–Trinajstić information content (AvgIpc) is 2.68. The molecule has 8 heteroatoms. The minimum atomic E-state index is -4.55. The molecule has 2 aromatic rings. The van der Waals surface area contributed by atoms with Crippen molar-refractivity contribution in [3.05, 3.63) is 23.8 Å². The number of aromatic nitrogens is 4. The average molecular weight is 245 g/mol. The van der Waals surface area contributed by atoms with Crippen molar-refractivity contribution >= 4 is 5.78 Å². The molecule has 5 nitrogen and oxygen atoms in total. The number of nitrogens with zero attached hydrogens (tertiary/aromatic N) is 4. The predicted octanol–water partition coefficient (Wildman–Crippen LogP) is 1.03. The normalized spacial score (nSPS) is 12.2. The van der Waals surface area contributed by atoms with Crippen LogP contribution in [-0.4, -0.2) is 26.1 Å². The maximum atomic E-state index is 12.3. The summed E-state index contributed by atoms with van der Waals surface area (Å²) in [5.41, 5.74) is 6.13. The van der Waals surface area contributed by atoms with Gasteiger partial charge in [-0.25, -0.2) is 9.50 Å². The molecular formula is C9H10F3N5. The van der Waals surface area contributed by atoms with E-state index < -0.39 is 12.0 Å². The number of hydrogen-bond donors (Lipinski definition) is 1. The summed E-state index contributed by atoms with van der Waals surface area (Å²) in [5.74, 6) is -1.24. The monoisotopic (exact) mass is 245 g/mol. The molecule has 0 amide bonds. The molecule has 0 unspecified atom stereocenters. The molecule has 2 heterocycles. The summed E-state index contributed by atoms with van der Waals surface area (Å²) < 4.78 is 38.1. The van der Waals surface area contributed by atoms with E-state index >= 15 is 0 Å². The Kier molecular flexibility index (Phi) is 2.97. The van der Waals surface area contributed by atoms with Crippen LogP contribution in [0.4, 0.5) is 13.2 Å². The molecule has 0 aliphatic heterocycles. The summed E-state index contributed by atoms with van der Waals surface area (Å²) >= 11 is 0. The molecule has 0 saturated carbocycles. The second kappa shape index (κ2) is 4.28. The van der Waals surface area contributed by atoms with E-state index in [2.05, 4.69) is 15.1 Å². The molecule has 0 bridgehead atoms. The van der Waals surface area contributed by atoms with Crippen LogP contribution in [0, 0.1) is 0 Å². The number of aryl methyl sites for hydroxylation is 1. The topological polar surface area (TPSA) is 69.1 Å². The first kappa shape index (κ1) is 11.8. The quantitative estimate of drug-likeness (QED) is 0.877. The lowest BCUT2D eigenvalue weighted by molar-refractivity contribution is -0.144. The van der Waals surface area contributed by atoms with Crippen molar-refractivity contribution in [3.8, 4) is 0 Å². The minimum absolute atomic E-state index is 0.0613.